The molecular formula is C52H62N8O11S. The highest BCUT2D eigenvalue weighted by molar-refractivity contribution is 7.90. The van der Waals surface area contributed by atoms with Crippen LogP contribution < -0.4 is 29.3 Å². The Morgan fingerprint density at radius 3 is 2.57 bits per heavy atom. The first-order valence-electron chi connectivity index (χ1n) is 25.2. The number of anilines is 4. The third-order valence-corrected chi connectivity index (χ3v) is 16.5. The number of piperidine rings is 1. The minimum atomic E-state index is -4.63. The van der Waals surface area contributed by atoms with Crippen LogP contribution in [-0.2, 0) is 29.0 Å². The molecule has 11 rings (SSSR count). The van der Waals surface area contributed by atoms with Gasteiger partial charge in [-0.2, -0.15) is 4.98 Å². The van der Waals surface area contributed by atoms with Gasteiger partial charge in [0.05, 0.1) is 78.4 Å². The minimum Gasteiger partial charge on any atom is -0.491 e. The number of H-pyrrole nitrogens is 1. The average molecular weight is 1010 g/mol. The number of carbonyl (C=O) groups excluding carboxylic acids is 1. The fourth-order valence-electron chi connectivity index (χ4n) is 11.6. The number of sulfonamides is 1. The number of nitrogens with zero attached hydrogens (tertiary/aromatic N) is 5. The summed E-state index contributed by atoms with van der Waals surface area (Å²) in [5.41, 5.74) is 3.79. The predicted octanol–water partition coefficient (Wildman–Crippen LogP) is 7.10. The smallest absolute Gasteiger partial charge is 0.293 e. The molecule has 72 heavy (non-hydrogen) atoms. The molecule has 4 atom stereocenters. The van der Waals surface area contributed by atoms with Crippen LogP contribution in [0.3, 0.4) is 0 Å². The lowest BCUT2D eigenvalue weighted by Crippen LogP contribution is -2.56. The molecule has 0 bridgehead atoms. The summed E-state index contributed by atoms with van der Waals surface area (Å²) in [6.07, 6.45) is 6.86. The summed E-state index contributed by atoms with van der Waals surface area (Å²) in [7, 11) is -4.63. The van der Waals surface area contributed by atoms with E-state index in [1.54, 1.807) is 12.3 Å². The Morgan fingerprint density at radius 1 is 0.944 bits per heavy atom. The van der Waals surface area contributed by atoms with Gasteiger partial charge in [-0.3, -0.25) is 19.8 Å². The van der Waals surface area contributed by atoms with Gasteiger partial charge < -0.3 is 48.5 Å². The number of benzene rings is 3. The maximum Gasteiger partial charge on any atom is 0.293 e. The zero-order chi connectivity index (χ0) is 49.6. The summed E-state index contributed by atoms with van der Waals surface area (Å²) in [5, 5.41) is 16.1. The molecule has 6 aliphatic rings. The van der Waals surface area contributed by atoms with Crippen molar-refractivity contribution in [2.45, 2.75) is 93.7 Å². The molecule has 3 N–H and O–H groups in total. The number of nitro benzene ring substituents is 1. The van der Waals surface area contributed by atoms with Crippen molar-refractivity contribution in [3.63, 3.8) is 0 Å². The number of aromatic amines is 1. The van der Waals surface area contributed by atoms with Gasteiger partial charge >= 0.3 is 0 Å². The number of nitro groups is 1. The van der Waals surface area contributed by atoms with Crippen LogP contribution in [0.25, 0.3) is 11.0 Å². The number of carbonyl (C=O) groups is 1. The largest absolute Gasteiger partial charge is 0.491 e. The van der Waals surface area contributed by atoms with Crippen molar-refractivity contribution in [2.24, 2.45) is 5.41 Å². The number of rotatable bonds is 13. The first kappa shape index (κ1) is 48.2. The second kappa shape index (κ2) is 20.1. The van der Waals surface area contributed by atoms with E-state index in [0.717, 1.165) is 81.2 Å². The number of ether oxygens (including phenoxy) is 6. The minimum absolute atomic E-state index is 0.0641. The zero-order valence-corrected chi connectivity index (χ0v) is 41.4. The molecule has 4 saturated heterocycles. The molecule has 382 valence electrons. The molecule has 20 heteroatoms. The highest BCUT2D eigenvalue weighted by Crippen LogP contribution is 2.54. The molecule has 5 fully saturated rings. The predicted molar refractivity (Wildman–Crippen MR) is 269 cm³/mol. The van der Waals surface area contributed by atoms with Crippen molar-refractivity contribution in [2.75, 3.05) is 87.5 Å². The van der Waals surface area contributed by atoms with Crippen LogP contribution in [0.2, 0.25) is 0 Å². The van der Waals surface area contributed by atoms with Gasteiger partial charge in [0.2, 0.25) is 5.88 Å². The fourth-order valence-corrected chi connectivity index (χ4v) is 12.6. The quantitative estimate of drug-likeness (QED) is 0.0793. The number of para-hydroxylation sites is 1. The van der Waals surface area contributed by atoms with E-state index in [1.807, 2.05) is 30.3 Å². The number of pyridine rings is 1. The number of fused-ring (bicyclic) bond motifs is 3. The molecule has 1 amide bonds. The van der Waals surface area contributed by atoms with Crippen molar-refractivity contribution in [1.29, 1.82) is 0 Å². The molecule has 2 aromatic heterocycles. The number of hydrogen-bond donors (Lipinski definition) is 3. The SMILES string of the molecule is CC(C)Oc1ccccc1[C@@H]1COCCCN1C1CC2(CCN(c3ccc(C(=O)NS(=O)(=O)c4ccc(NC[C@H]5COCCO5)c([N+](=O)[O-])c4)c(N4c5cc6cc[nH]c6nc5O[C@H]5COCC[C@@H]54)c3)CC2)C1. The molecule has 3 aromatic carbocycles. The van der Waals surface area contributed by atoms with E-state index in [-0.39, 0.29) is 47.5 Å². The van der Waals surface area contributed by atoms with Gasteiger partial charge in [-0.25, -0.2) is 13.1 Å². The van der Waals surface area contributed by atoms with E-state index < -0.39 is 37.5 Å². The van der Waals surface area contributed by atoms with Gasteiger partial charge in [0.25, 0.3) is 21.6 Å². The van der Waals surface area contributed by atoms with Crippen molar-refractivity contribution in [3.8, 4) is 11.6 Å². The summed E-state index contributed by atoms with van der Waals surface area (Å²) in [4.78, 5) is 41.0. The highest BCUT2D eigenvalue weighted by atomic mass is 32.2. The second-order valence-electron chi connectivity index (χ2n) is 20.1. The molecule has 0 unspecified atom stereocenters. The molecule has 7 heterocycles. The van der Waals surface area contributed by atoms with E-state index in [4.69, 9.17) is 33.4 Å². The molecular weight excluding hydrogens is 945 g/mol. The Kier molecular flexibility index (Phi) is 13.5. The van der Waals surface area contributed by atoms with Crippen LogP contribution in [0.1, 0.15) is 74.3 Å². The molecule has 1 saturated carbocycles. The normalized spacial score (nSPS) is 23.7. The van der Waals surface area contributed by atoms with Gasteiger partial charge in [0.1, 0.15) is 28.9 Å². The van der Waals surface area contributed by atoms with E-state index in [1.165, 1.54) is 17.7 Å². The van der Waals surface area contributed by atoms with E-state index in [0.29, 0.717) is 75.0 Å². The molecule has 5 aliphatic heterocycles. The van der Waals surface area contributed by atoms with Gasteiger partial charge in [0, 0.05) is 74.3 Å². The zero-order valence-electron chi connectivity index (χ0n) is 40.6. The standard InChI is InChI=1S/C52H62N8O11S/c1-33(2)70-47-7-4-3-6-39(47)46-31-66-20-5-17-58(46)36-27-52(28-36)14-18-57(19-15-52)35-8-10-40(43(25-35)59-42-13-21-67-32-48(42)71-51-45(59)24-34-12-16-53-49(34)55-51)50(61)56-72(64,65)38-9-11-41(44(26-38)60(62)63)54-29-37-30-68-22-23-69-37/h3-4,6-12,16,24-26,33,36-37,42,46,48,54H,5,13-15,17-23,27-32H2,1-2H3,(H,53,55)(H,56,61)/t37-,42-,46-,48-/m0/s1. The Balaban J connectivity index is 0.869. The van der Waals surface area contributed by atoms with Crippen molar-refractivity contribution in [3.05, 3.63) is 100 Å². The fraction of sp³-hybridized carbons (Fsp3) is 0.500. The molecule has 1 aliphatic carbocycles. The molecule has 1 spiro atoms. The van der Waals surface area contributed by atoms with Crippen molar-refractivity contribution in [1.82, 2.24) is 19.6 Å². The van der Waals surface area contributed by atoms with E-state index >= 15 is 0 Å². The Bertz CT molecular complexity index is 2910. The van der Waals surface area contributed by atoms with Gasteiger partial charge in [-0.15, -0.1) is 0 Å². The van der Waals surface area contributed by atoms with Gasteiger partial charge in [-0.1, -0.05) is 18.2 Å². The summed E-state index contributed by atoms with van der Waals surface area (Å²) < 4.78 is 66.5. The Hall–Kier alpha value is -6.03. The molecule has 19 nitrogen and oxygen atoms in total. The third kappa shape index (κ3) is 9.67. The van der Waals surface area contributed by atoms with Crippen LogP contribution in [0.5, 0.6) is 11.6 Å². The topological polar surface area (TPSA) is 212 Å². The Labute approximate surface area is 418 Å². The lowest BCUT2D eigenvalue weighted by atomic mass is 9.59. The van der Waals surface area contributed by atoms with Gasteiger partial charge in [0.15, 0.2) is 0 Å². The number of nitrogens with one attached hydrogen (secondary N) is 3. The highest BCUT2D eigenvalue weighted by Gasteiger charge is 2.50. The first-order valence-corrected chi connectivity index (χ1v) is 26.7. The Morgan fingerprint density at radius 2 is 1.76 bits per heavy atom. The van der Waals surface area contributed by atoms with Crippen molar-refractivity contribution < 1.29 is 46.6 Å². The number of hydrogen-bond acceptors (Lipinski definition) is 16. The second-order valence-corrected chi connectivity index (χ2v) is 21.8. The van der Waals surface area contributed by atoms with Crippen molar-refractivity contribution >= 4 is 55.4 Å². The van der Waals surface area contributed by atoms with Crippen LogP contribution in [-0.4, -0.2) is 137 Å². The number of aromatic nitrogens is 2. The summed E-state index contributed by atoms with van der Waals surface area (Å²) in [5.74, 6) is 0.388. The first-order chi connectivity index (χ1) is 34.9. The van der Waals surface area contributed by atoms with Crippen LogP contribution >= 0.6 is 0 Å². The van der Waals surface area contributed by atoms with E-state index in [2.05, 4.69) is 61.8 Å². The lowest BCUT2D eigenvalue weighted by molar-refractivity contribution is -0.384. The van der Waals surface area contributed by atoms with Gasteiger partial charge in [-0.05, 0) is 106 Å². The maximum atomic E-state index is 14.7. The number of amides is 1. The van der Waals surface area contributed by atoms with Crippen LogP contribution in [0.15, 0.2) is 83.9 Å². The third-order valence-electron chi connectivity index (χ3n) is 15.2. The average Bonchev–Trinajstić information content (AvgIpc) is 3.70. The monoisotopic (exact) mass is 1010 g/mol. The maximum absolute atomic E-state index is 14.7. The molecule has 0 radical (unpaired) electrons. The van der Waals surface area contributed by atoms with Crippen LogP contribution in [0, 0.1) is 15.5 Å². The van der Waals surface area contributed by atoms with E-state index in [9.17, 15) is 23.3 Å². The lowest BCUT2D eigenvalue weighted by Gasteiger charge is -2.56. The summed E-state index contributed by atoms with van der Waals surface area (Å²) >= 11 is 0. The summed E-state index contributed by atoms with van der Waals surface area (Å²) in [6, 6.07) is 21.6. The molecule has 5 aromatic rings. The van der Waals surface area contributed by atoms with Crippen LogP contribution in [0.4, 0.5) is 28.4 Å². The summed E-state index contributed by atoms with van der Waals surface area (Å²) in [6.45, 7) is 10.2.